The predicted octanol–water partition coefficient (Wildman–Crippen LogP) is 3.00. The maximum atomic E-state index is 13.3. The summed E-state index contributed by atoms with van der Waals surface area (Å²) in [6.07, 6.45) is 8.40. The number of carbonyl (C=O) groups excluding carboxylic acids is 1. The van der Waals surface area contributed by atoms with E-state index in [0.29, 0.717) is 29.2 Å². The van der Waals surface area contributed by atoms with Gasteiger partial charge in [0.1, 0.15) is 6.04 Å². The molecule has 1 aliphatic carbocycles. The van der Waals surface area contributed by atoms with E-state index in [1.807, 2.05) is 43.5 Å². The zero-order valence-corrected chi connectivity index (χ0v) is 26.5. The third-order valence-electron chi connectivity index (χ3n) is 7.66. The van der Waals surface area contributed by atoms with Gasteiger partial charge in [0.2, 0.25) is 0 Å². The molecule has 1 aliphatic rings. The average molecular weight is 598 g/mol. The second kappa shape index (κ2) is 17.4. The van der Waals surface area contributed by atoms with Gasteiger partial charge >= 0.3 is 24.8 Å². The van der Waals surface area contributed by atoms with Crippen molar-refractivity contribution in [2.45, 2.75) is 77.5 Å². The fourth-order valence-corrected chi connectivity index (χ4v) is 6.81. The maximum Gasteiger partial charge on any atom is 1.00 e. The minimum absolute atomic E-state index is 0. The first-order valence-corrected chi connectivity index (χ1v) is 17.4. The van der Waals surface area contributed by atoms with Gasteiger partial charge in [0, 0.05) is 11.3 Å². The summed E-state index contributed by atoms with van der Waals surface area (Å²) < 4.78 is 31.3. The van der Waals surface area contributed by atoms with Crippen LogP contribution in [0.5, 0.6) is 0 Å². The minimum Gasteiger partial charge on any atom is -1.00 e. The third kappa shape index (κ3) is 11.1. The van der Waals surface area contributed by atoms with Gasteiger partial charge in [0.15, 0.2) is 9.84 Å². The van der Waals surface area contributed by atoms with Crippen molar-refractivity contribution in [2.75, 3.05) is 23.5 Å². The summed E-state index contributed by atoms with van der Waals surface area (Å²) in [4.78, 5) is 25.1. The predicted molar refractivity (Wildman–Crippen MR) is 164 cm³/mol. The molecule has 1 amide bonds. The molecular formula is C31H44LiNO6S2. The molecule has 0 spiro atoms. The summed E-state index contributed by atoms with van der Waals surface area (Å²) in [5, 5.41) is 12.3. The zero-order chi connectivity index (χ0) is 29.1. The summed E-state index contributed by atoms with van der Waals surface area (Å²) in [7, 11) is -3.20. The molecule has 0 radical (unpaired) electrons. The molecule has 41 heavy (non-hydrogen) atoms. The Hall–Kier alpha value is -1.76. The third-order valence-corrected chi connectivity index (χ3v) is 10.1. The number of amides is 1. The van der Waals surface area contributed by atoms with Crippen molar-refractivity contribution in [3.8, 4) is 11.1 Å². The van der Waals surface area contributed by atoms with Gasteiger partial charge in [-0.1, -0.05) is 69.4 Å². The summed E-state index contributed by atoms with van der Waals surface area (Å²) >= 11 is 1.53. The van der Waals surface area contributed by atoms with Gasteiger partial charge < -0.3 is 16.6 Å². The van der Waals surface area contributed by atoms with E-state index in [9.17, 15) is 23.1 Å². The van der Waals surface area contributed by atoms with Crippen LogP contribution >= 0.6 is 11.8 Å². The second-order valence-electron chi connectivity index (χ2n) is 10.7. The van der Waals surface area contributed by atoms with Crippen molar-refractivity contribution in [1.82, 2.24) is 5.32 Å². The molecule has 0 aliphatic heterocycles. The van der Waals surface area contributed by atoms with Gasteiger partial charge in [0.05, 0.1) is 18.5 Å². The first-order chi connectivity index (χ1) is 19.1. The normalized spacial score (nSPS) is 15.5. The Morgan fingerprint density at radius 3 is 2.46 bits per heavy atom. The van der Waals surface area contributed by atoms with Crippen molar-refractivity contribution < 1.29 is 48.1 Å². The number of carbonyl (C=O) groups is 2. The van der Waals surface area contributed by atoms with Crippen LogP contribution < -0.4 is 24.2 Å². The van der Waals surface area contributed by atoms with Crippen LogP contribution in [-0.2, 0) is 26.0 Å². The molecule has 7 nitrogen and oxygen atoms in total. The molecule has 222 valence electrons. The van der Waals surface area contributed by atoms with Crippen molar-refractivity contribution in [1.29, 1.82) is 0 Å². The van der Waals surface area contributed by atoms with Crippen LogP contribution in [0.2, 0.25) is 0 Å². The van der Waals surface area contributed by atoms with Crippen molar-refractivity contribution in [3.63, 3.8) is 0 Å². The number of sulfone groups is 1. The summed E-state index contributed by atoms with van der Waals surface area (Å²) in [6, 6.07) is 12.2. The van der Waals surface area contributed by atoms with E-state index in [1.165, 1.54) is 31.0 Å². The number of carboxylic acids is 1. The largest absolute Gasteiger partial charge is 1.00 e. The number of hydrogen-bond donors (Lipinski definition) is 2. The standard InChI is InChI=1S/C31H43NO6S2.Li.H/c1-4-40(36,37)21-25(18-23-11-6-5-7-12-23)38-20-24-14-15-27(28(19-24)26-13-9-8-10-22(26)2)30(33)32-29(31(34)35)16-17-39-3;;/h8-10,13-15,19,23,25,29H,4-7,11-12,16-18,20-21H2,1-3H3,(H,32,33)(H,34,35);;/q;+1;-1/t25?,29-;;/m0../s1. The van der Waals surface area contributed by atoms with Gasteiger partial charge in [-0.15, -0.1) is 0 Å². The molecule has 0 bridgehead atoms. The van der Waals surface area contributed by atoms with Crippen LogP contribution in [0.3, 0.4) is 0 Å². The topological polar surface area (TPSA) is 110 Å². The van der Waals surface area contributed by atoms with E-state index < -0.39 is 27.8 Å². The minimum atomic E-state index is -3.20. The van der Waals surface area contributed by atoms with Gasteiger partial charge in [-0.2, -0.15) is 11.8 Å². The molecule has 3 rings (SSSR count). The van der Waals surface area contributed by atoms with Gasteiger partial charge in [-0.25, -0.2) is 13.2 Å². The van der Waals surface area contributed by atoms with Crippen LogP contribution in [0.1, 0.15) is 74.8 Å². The van der Waals surface area contributed by atoms with E-state index in [1.54, 1.807) is 19.1 Å². The van der Waals surface area contributed by atoms with Crippen molar-refractivity contribution in [2.24, 2.45) is 5.92 Å². The molecule has 0 saturated heterocycles. The Bertz CT molecular complexity index is 1250. The molecule has 2 N–H and O–H groups in total. The molecule has 1 saturated carbocycles. The number of thioether (sulfide) groups is 1. The molecule has 0 aromatic heterocycles. The molecule has 2 aromatic carbocycles. The quantitative estimate of drug-likeness (QED) is 0.304. The molecular weight excluding hydrogens is 553 g/mol. The molecule has 2 aromatic rings. The van der Waals surface area contributed by atoms with Crippen LogP contribution in [0, 0.1) is 12.8 Å². The van der Waals surface area contributed by atoms with Crippen LogP contribution in [0.25, 0.3) is 11.1 Å². The number of rotatable bonds is 15. The van der Waals surface area contributed by atoms with E-state index in [-0.39, 0.29) is 44.5 Å². The fraction of sp³-hybridized carbons (Fsp3) is 0.548. The average Bonchev–Trinajstić information content (AvgIpc) is 2.94. The Kier molecular flexibility index (Phi) is 15.0. The first-order valence-electron chi connectivity index (χ1n) is 14.2. The van der Waals surface area contributed by atoms with Gasteiger partial charge in [0.25, 0.3) is 5.91 Å². The number of aliphatic carboxylic acids is 1. The summed E-state index contributed by atoms with van der Waals surface area (Å²) in [5.74, 6) is -0.300. The maximum absolute atomic E-state index is 13.3. The monoisotopic (exact) mass is 597 g/mol. The molecule has 2 atom stereocenters. The molecule has 10 heteroatoms. The van der Waals surface area contributed by atoms with Crippen LogP contribution in [0.4, 0.5) is 0 Å². The van der Waals surface area contributed by atoms with Crippen LogP contribution in [-0.4, -0.2) is 61.1 Å². The van der Waals surface area contributed by atoms with E-state index in [0.717, 1.165) is 36.0 Å². The summed E-state index contributed by atoms with van der Waals surface area (Å²) in [6.45, 7) is 3.86. The molecule has 1 unspecified atom stereocenters. The fourth-order valence-electron chi connectivity index (χ4n) is 5.30. The Labute approximate surface area is 263 Å². The molecule has 0 heterocycles. The Balaban J connectivity index is 0.00000441. The second-order valence-corrected chi connectivity index (χ2v) is 14.1. The van der Waals surface area contributed by atoms with E-state index >= 15 is 0 Å². The number of aryl methyl sites for hydroxylation is 1. The van der Waals surface area contributed by atoms with Crippen molar-refractivity contribution >= 4 is 33.5 Å². The number of ether oxygens (including phenoxy) is 1. The first kappa shape index (κ1) is 35.4. The van der Waals surface area contributed by atoms with Gasteiger partial charge in [-0.05, 0) is 72.1 Å². The Morgan fingerprint density at radius 2 is 1.83 bits per heavy atom. The van der Waals surface area contributed by atoms with E-state index in [2.05, 4.69) is 5.32 Å². The van der Waals surface area contributed by atoms with Crippen molar-refractivity contribution in [3.05, 3.63) is 59.2 Å². The Morgan fingerprint density at radius 1 is 1.12 bits per heavy atom. The SMILES string of the molecule is CCS(=O)(=O)CC(CC1CCCCC1)OCc1ccc(C(=O)N[C@@H](CCSC)C(=O)O)c(-c2ccccc2C)c1.[H-].[Li+]. The number of nitrogens with one attached hydrogen (secondary N) is 1. The van der Waals surface area contributed by atoms with Crippen LogP contribution in [0.15, 0.2) is 42.5 Å². The number of carboxylic acid groups (broad SMARTS) is 1. The number of hydrogen-bond acceptors (Lipinski definition) is 6. The van der Waals surface area contributed by atoms with Gasteiger partial charge in [-0.3, -0.25) is 4.79 Å². The van der Waals surface area contributed by atoms with E-state index in [4.69, 9.17) is 4.74 Å². The number of benzene rings is 2. The smallest absolute Gasteiger partial charge is 1.00 e. The molecule has 1 fully saturated rings. The zero-order valence-electron chi connectivity index (χ0n) is 25.9. The summed E-state index contributed by atoms with van der Waals surface area (Å²) in [5.41, 5.74) is 3.76.